The third-order valence-corrected chi connectivity index (χ3v) is 6.02. The predicted molar refractivity (Wildman–Crippen MR) is 83.2 cm³/mol. The van der Waals surface area contributed by atoms with Gasteiger partial charge in [-0.3, -0.25) is 4.40 Å². The van der Waals surface area contributed by atoms with Crippen molar-refractivity contribution in [3.63, 3.8) is 0 Å². The van der Waals surface area contributed by atoms with E-state index in [4.69, 9.17) is 11.6 Å². The minimum atomic E-state index is -3.72. The lowest BCUT2D eigenvalue weighted by molar-refractivity contribution is 0.463. The monoisotopic (exact) mass is 341 g/mol. The van der Waals surface area contributed by atoms with E-state index in [0.717, 1.165) is 5.56 Å². The molecule has 5 nitrogen and oxygen atoms in total. The summed E-state index contributed by atoms with van der Waals surface area (Å²) < 4.78 is 28.2. The Bertz CT molecular complexity index is 872. The molecule has 3 aromatic rings. The molecule has 0 saturated heterocycles. The smallest absolute Gasteiger partial charge is 0.262 e. The summed E-state index contributed by atoms with van der Waals surface area (Å²) in [6.07, 6.45) is 1.64. The van der Waals surface area contributed by atoms with Crippen molar-refractivity contribution in [1.29, 1.82) is 0 Å². The van der Waals surface area contributed by atoms with Crippen molar-refractivity contribution in [3.05, 3.63) is 51.9 Å². The highest BCUT2D eigenvalue weighted by atomic mass is 35.5. The van der Waals surface area contributed by atoms with Crippen LogP contribution in [-0.2, 0) is 16.6 Å². The molecule has 0 spiro atoms. The highest BCUT2D eigenvalue weighted by Gasteiger charge is 2.28. The highest BCUT2D eigenvalue weighted by Crippen LogP contribution is 2.26. The van der Waals surface area contributed by atoms with Gasteiger partial charge in [-0.05, 0) is 34.5 Å². The van der Waals surface area contributed by atoms with Gasteiger partial charge in [0.15, 0.2) is 10.2 Å². The standard InChI is InChI=1S/C13H12ClN3O2S2/c1-16(8-10-5-7-20-9-10)21(18,19)13-12(14)15-11-4-2-3-6-17(11)13/h2-7,9H,8H2,1H3. The second-order valence-corrected chi connectivity index (χ2v) is 7.63. The molecule has 0 unspecified atom stereocenters. The van der Waals surface area contributed by atoms with Gasteiger partial charge in [0.25, 0.3) is 10.0 Å². The summed E-state index contributed by atoms with van der Waals surface area (Å²) in [7, 11) is -2.19. The van der Waals surface area contributed by atoms with Gasteiger partial charge in [0.2, 0.25) is 0 Å². The maximum absolute atomic E-state index is 12.7. The average Bonchev–Trinajstić information content (AvgIpc) is 3.04. The van der Waals surface area contributed by atoms with Crippen LogP contribution in [0.2, 0.25) is 5.15 Å². The zero-order valence-electron chi connectivity index (χ0n) is 11.1. The van der Waals surface area contributed by atoms with Crippen LogP contribution in [0, 0.1) is 0 Å². The SMILES string of the molecule is CN(Cc1ccsc1)S(=O)(=O)c1c(Cl)nc2ccccn12. The first-order valence-corrected chi connectivity index (χ1v) is 8.86. The number of rotatable bonds is 4. The van der Waals surface area contributed by atoms with E-state index < -0.39 is 10.0 Å². The van der Waals surface area contributed by atoms with E-state index in [1.807, 2.05) is 16.8 Å². The van der Waals surface area contributed by atoms with Crippen molar-refractivity contribution in [2.24, 2.45) is 0 Å². The third-order valence-electron chi connectivity index (χ3n) is 3.09. The third kappa shape index (κ3) is 2.57. The minimum absolute atomic E-state index is 0.00232. The highest BCUT2D eigenvalue weighted by molar-refractivity contribution is 7.89. The zero-order chi connectivity index (χ0) is 15.0. The summed E-state index contributed by atoms with van der Waals surface area (Å²) in [6, 6.07) is 7.13. The number of nitrogens with zero attached hydrogens (tertiary/aromatic N) is 3. The van der Waals surface area contributed by atoms with Crippen LogP contribution in [0.4, 0.5) is 0 Å². The molecule has 3 aromatic heterocycles. The molecule has 0 aliphatic heterocycles. The number of pyridine rings is 1. The lowest BCUT2D eigenvalue weighted by Gasteiger charge is -2.16. The Balaban J connectivity index is 2.06. The Morgan fingerprint density at radius 3 is 2.90 bits per heavy atom. The van der Waals surface area contributed by atoms with Crippen LogP contribution in [0.1, 0.15) is 5.56 Å². The van der Waals surface area contributed by atoms with E-state index in [0.29, 0.717) is 12.2 Å². The van der Waals surface area contributed by atoms with Gasteiger partial charge >= 0.3 is 0 Å². The second-order valence-electron chi connectivity index (χ2n) is 4.53. The molecule has 0 aliphatic carbocycles. The van der Waals surface area contributed by atoms with Gasteiger partial charge < -0.3 is 0 Å². The van der Waals surface area contributed by atoms with Gasteiger partial charge in [-0.2, -0.15) is 15.6 Å². The van der Waals surface area contributed by atoms with Crippen LogP contribution < -0.4 is 0 Å². The number of sulfonamides is 1. The van der Waals surface area contributed by atoms with Gasteiger partial charge in [0.05, 0.1) is 0 Å². The zero-order valence-corrected chi connectivity index (χ0v) is 13.5. The van der Waals surface area contributed by atoms with E-state index in [2.05, 4.69) is 4.98 Å². The fourth-order valence-corrected chi connectivity index (χ4v) is 4.45. The van der Waals surface area contributed by atoms with Gasteiger partial charge in [-0.15, -0.1) is 0 Å². The van der Waals surface area contributed by atoms with E-state index in [-0.39, 0.29) is 10.2 Å². The molecule has 0 amide bonds. The van der Waals surface area contributed by atoms with Crippen molar-refractivity contribution in [1.82, 2.24) is 13.7 Å². The minimum Gasteiger partial charge on any atom is -0.288 e. The number of fused-ring (bicyclic) bond motifs is 1. The molecular formula is C13H12ClN3O2S2. The summed E-state index contributed by atoms with van der Waals surface area (Å²) >= 11 is 7.57. The molecule has 0 saturated carbocycles. The van der Waals surface area contributed by atoms with Crippen LogP contribution in [0.25, 0.3) is 5.65 Å². The average molecular weight is 342 g/mol. The van der Waals surface area contributed by atoms with E-state index in [1.54, 1.807) is 24.4 Å². The molecule has 0 N–H and O–H groups in total. The molecule has 0 aliphatic rings. The van der Waals surface area contributed by atoms with Crippen molar-refractivity contribution < 1.29 is 8.42 Å². The van der Waals surface area contributed by atoms with E-state index in [9.17, 15) is 8.42 Å². The van der Waals surface area contributed by atoms with Crippen molar-refractivity contribution in [2.45, 2.75) is 11.6 Å². The quantitative estimate of drug-likeness (QED) is 0.733. The predicted octanol–water partition coefficient (Wildman–Crippen LogP) is 2.87. The number of aromatic nitrogens is 2. The fraction of sp³-hybridized carbons (Fsp3) is 0.154. The summed E-state index contributed by atoms with van der Waals surface area (Å²) in [6.45, 7) is 0.294. The fourth-order valence-electron chi connectivity index (χ4n) is 2.05. The number of thiophene rings is 1. The van der Waals surface area contributed by atoms with E-state index >= 15 is 0 Å². The summed E-state index contributed by atoms with van der Waals surface area (Å²) in [5, 5.41) is 3.81. The molecule has 110 valence electrons. The van der Waals surface area contributed by atoms with Crippen LogP contribution in [0.15, 0.2) is 46.2 Å². The molecule has 21 heavy (non-hydrogen) atoms. The van der Waals surface area contributed by atoms with Crippen molar-refractivity contribution >= 4 is 38.6 Å². The Morgan fingerprint density at radius 1 is 1.38 bits per heavy atom. The summed E-state index contributed by atoms with van der Waals surface area (Å²) in [5.74, 6) is 0. The number of halogens is 1. The number of hydrogen-bond acceptors (Lipinski definition) is 4. The normalized spacial score (nSPS) is 12.3. The van der Waals surface area contributed by atoms with Gasteiger partial charge in [0, 0.05) is 19.8 Å². The van der Waals surface area contributed by atoms with Crippen LogP contribution >= 0.6 is 22.9 Å². The van der Waals surface area contributed by atoms with Crippen LogP contribution in [0.3, 0.4) is 0 Å². The molecule has 8 heteroatoms. The largest absolute Gasteiger partial charge is 0.288 e. The van der Waals surface area contributed by atoms with Gasteiger partial charge in [0.1, 0.15) is 5.65 Å². The van der Waals surface area contributed by atoms with Crippen LogP contribution in [0.5, 0.6) is 0 Å². The summed E-state index contributed by atoms with van der Waals surface area (Å²) in [4.78, 5) is 4.08. The Labute approximate surface area is 131 Å². The van der Waals surface area contributed by atoms with Gasteiger partial charge in [-0.1, -0.05) is 17.7 Å². The van der Waals surface area contributed by atoms with E-state index in [1.165, 1.54) is 27.1 Å². The summed E-state index contributed by atoms with van der Waals surface area (Å²) in [5.41, 5.74) is 1.45. The van der Waals surface area contributed by atoms with Crippen LogP contribution in [-0.4, -0.2) is 29.2 Å². The molecule has 0 aromatic carbocycles. The molecule has 3 heterocycles. The lowest BCUT2D eigenvalue weighted by Crippen LogP contribution is -2.27. The molecular weight excluding hydrogens is 330 g/mol. The maximum Gasteiger partial charge on any atom is 0.262 e. The van der Waals surface area contributed by atoms with Crippen molar-refractivity contribution in [2.75, 3.05) is 7.05 Å². The molecule has 0 radical (unpaired) electrons. The topological polar surface area (TPSA) is 54.7 Å². The van der Waals surface area contributed by atoms with Gasteiger partial charge in [-0.25, -0.2) is 13.4 Å². The number of hydrogen-bond donors (Lipinski definition) is 0. The Hall–Kier alpha value is -1.41. The molecule has 0 bridgehead atoms. The molecule has 0 atom stereocenters. The molecule has 0 fully saturated rings. The first-order chi connectivity index (χ1) is 10.00. The number of imidazole rings is 1. The lowest BCUT2D eigenvalue weighted by atomic mass is 10.3. The second kappa shape index (κ2) is 5.42. The first-order valence-electron chi connectivity index (χ1n) is 6.10. The molecule has 3 rings (SSSR count). The Morgan fingerprint density at radius 2 is 2.19 bits per heavy atom. The Kier molecular flexibility index (Phi) is 3.75. The maximum atomic E-state index is 12.7. The first kappa shape index (κ1) is 14.5. The van der Waals surface area contributed by atoms with Crippen molar-refractivity contribution in [3.8, 4) is 0 Å².